The Morgan fingerprint density at radius 2 is 2.10 bits per heavy atom. The second-order valence-corrected chi connectivity index (χ2v) is 8.26. The summed E-state index contributed by atoms with van der Waals surface area (Å²) in [4.78, 5) is 20.3. The van der Waals surface area contributed by atoms with Crippen LogP contribution in [0.4, 0.5) is 24.9 Å². The maximum absolute atomic E-state index is 10.6. The summed E-state index contributed by atoms with van der Waals surface area (Å²) in [5, 5.41) is 12.4. The van der Waals surface area contributed by atoms with Gasteiger partial charge in [0.2, 0.25) is 5.95 Å². The number of hydrogen-bond donors (Lipinski definition) is 3. The summed E-state index contributed by atoms with van der Waals surface area (Å²) in [5.41, 5.74) is 6.90. The molecule has 12 heteroatoms. The molecule has 2 fully saturated rings. The molecule has 0 saturated carbocycles. The number of thiophene rings is 1. The first kappa shape index (κ1) is 19.9. The average Bonchev–Trinajstić information content (AvgIpc) is 3.35. The van der Waals surface area contributed by atoms with E-state index in [0.29, 0.717) is 18.0 Å². The lowest BCUT2D eigenvalue weighted by Gasteiger charge is -2.28. The first-order valence-corrected chi connectivity index (χ1v) is 9.78. The molecule has 4 heterocycles. The molecule has 29 heavy (non-hydrogen) atoms. The van der Waals surface area contributed by atoms with Crippen LogP contribution in [0.5, 0.6) is 0 Å². The number of benzene rings is 1. The third-order valence-electron chi connectivity index (χ3n) is 4.84. The van der Waals surface area contributed by atoms with E-state index in [-0.39, 0.29) is 0 Å². The number of nitrogens with one attached hydrogen (secondary N) is 1. The van der Waals surface area contributed by atoms with Crippen LogP contribution in [-0.2, 0) is 4.79 Å². The second kappa shape index (κ2) is 7.15. The molecule has 2 aliphatic heterocycles. The maximum Gasteiger partial charge on any atom is 0.490 e. The number of rotatable bonds is 1. The lowest BCUT2D eigenvalue weighted by Crippen LogP contribution is -2.44. The number of carbonyl (C=O) groups is 1. The molecule has 0 unspecified atom stereocenters. The quantitative estimate of drug-likeness (QED) is 0.528. The predicted octanol–water partition coefficient (Wildman–Crippen LogP) is 3.26. The average molecular weight is 446 g/mol. The third-order valence-corrected chi connectivity index (χ3v) is 6.24. The zero-order chi connectivity index (χ0) is 20.9. The number of anilines is 2. The Kier molecular flexibility index (Phi) is 4.91. The van der Waals surface area contributed by atoms with Gasteiger partial charge in [-0.3, -0.25) is 0 Å². The SMILES string of the molecule is Nc1nc(N2C[C@@H]3C[C@H]2CN3)c2sc3ccc(Cl)cc3c2n1.O=C(O)C(F)(F)F. The summed E-state index contributed by atoms with van der Waals surface area (Å²) in [7, 11) is 0. The fourth-order valence-corrected chi connectivity index (χ4v) is 4.93. The molecule has 0 spiro atoms. The number of aliphatic carboxylic acids is 1. The monoisotopic (exact) mass is 445 g/mol. The highest BCUT2D eigenvalue weighted by Gasteiger charge is 2.39. The van der Waals surface area contributed by atoms with Crippen LogP contribution in [0.15, 0.2) is 18.2 Å². The summed E-state index contributed by atoms with van der Waals surface area (Å²) in [5.74, 6) is -1.45. The molecule has 0 aliphatic carbocycles. The maximum atomic E-state index is 10.6. The van der Waals surface area contributed by atoms with E-state index in [0.717, 1.165) is 39.5 Å². The van der Waals surface area contributed by atoms with Crippen LogP contribution in [-0.4, -0.2) is 52.4 Å². The number of alkyl halides is 3. The molecule has 7 nitrogen and oxygen atoms in total. The number of carboxylic acid groups (broad SMARTS) is 1. The minimum absolute atomic E-state index is 0.331. The number of aromatic nitrogens is 2. The Hall–Kier alpha value is -2.37. The third kappa shape index (κ3) is 3.77. The second-order valence-electron chi connectivity index (χ2n) is 6.78. The van der Waals surface area contributed by atoms with E-state index in [1.807, 2.05) is 18.2 Å². The van der Waals surface area contributed by atoms with Crippen molar-refractivity contribution < 1.29 is 23.1 Å². The number of nitrogens with two attached hydrogens (primary N) is 1. The van der Waals surface area contributed by atoms with Gasteiger partial charge in [-0.25, -0.2) is 9.78 Å². The van der Waals surface area contributed by atoms with Crippen molar-refractivity contribution in [1.29, 1.82) is 0 Å². The highest BCUT2D eigenvalue weighted by Crippen LogP contribution is 2.41. The van der Waals surface area contributed by atoms with Crippen molar-refractivity contribution in [3.63, 3.8) is 0 Å². The van der Waals surface area contributed by atoms with Crippen LogP contribution in [0.2, 0.25) is 5.02 Å². The number of carboxylic acids is 1. The van der Waals surface area contributed by atoms with Crippen LogP contribution >= 0.6 is 22.9 Å². The number of nitrogen functional groups attached to an aromatic ring is 1. The minimum Gasteiger partial charge on any atom is -0.475 e. The van der Waals surface area contributed by atoms with E-state index in [1.165, 1.54) is 11.1 Å². The van der Waals surface area contributed by atoms with Crippen molar-refractivity contribution in [2.45, 2.75) is 24.7 Å². The van der Waals surface area contributed by atoms with Gasteiger partial charge in [0.25, 0.3) is 0 Å². The van der Waals surface area contributed by atoms with Crippen molar-refractivity contribution in [2.75, 3.05) is 23.7 Å². The van der Waals surface area contributed by atoms with Gasteiger partial charge in [-0.15, -0.1) is 11.3 Å². The van der Waals surface area contributed by atoms with Gasteiger partial charge in [0.1, 0.15) is 0 Å². The first-order valence-electron chi connectivity index (χ1n) is 8.59. The van der Waals surface area contributed by atoms with Gasteiger partial charge >= 0.3 is 12.1 Å². The number of halogens is 4. The molecule has 2 saturated heterocycles. The zero-order valence-corrected chi connectivity index (χ0v) is 16.3. The molecule has 0 radical (unpaired) electrons. The molecule has 0 amide bonds. The van der Waals surface area contributed by atoms with Gasteiger partial charge in [0.05, 0.1) is 10.2 Å². The minimum atomic E-state index is -5.08. The molecule has 154 valence electrons. The lowest BCUT2D eigenvalue weighted by molar-refractivity contribution is -0.192. The molecular formula is C17H15ClF3N5O2S. The lowest BCUT2D eigenvalue weighted by atomic mass is 10.2. The molecule has 1 aromatic carbocycles. The smallest absolute Gasteiger partial charge is 0.475 e. The van der Waals surface area contributed by atoms with Gasteiger partial charge in [-0.05, 0) is 24.6 Å². The fourth-order valence-electron chi connectivity index (χ4n) is 3.63. The molecule has 2 bridgehead atoms. The highest BCUT2D eigenvalue weighted by atomic mass is 35.5. The number of hydrogen-bond acceptors (Lipinski definition) is 7. The predicted molar refractivity (Wildman–Crippen MR) is 106 cm³/mol. The summed E-state index contributed by atoms with van der Waals surface area (Å²) in [6.07, 6.45) is -3.90. The van der Waals surface area contributed by atoms with Gasteiger partial charge in [0.15, 0.2) is 5.82 Å². The molecule has 3 aromatic rings. The van der Waals surface area contributed by atoms with E-state index in [4.69, 9.17) is 27.2 Å². The normalized spacial score (nSPS) is 20.9. The van der Waals surface area contributed by atoms with E-state index >= 15 is 0 Å². The Morgan fingerprint density at radius 3 is 2.69 bits per heavy atom. The Labute approximate surface area is 171 Å². The number of fused-ring (bicyclic) bond motifs is 5. The van der Waals surface area contributed by atoms with E-state index in [9.17, 15) is 13.2 Å². The van der Waals surface area contributed by atoms with Crippen LogP contribution in [0.1, 0.15) is 6.42 Å². The summed E-state index contributed by atoms with van der Waals surface area (Å²) < 4.78 is 34.0. The van der Waals surface area contributed by atoms with Gasteiger partial charge in [-0.1, -0.05) is 11.6 Å². The molecule has 2 atom stereocenters. The van der Waals surface area contributed by atoms with Gasteiger partial charge < -0.3 is 21.1 Å². The summed E-state index contributed by atoms with van der Waals surface area (Å²) in [6.45, 7) is 2.01. The molecule has 4 N–H and O–H groups in total. The van der Waals surface area contributed by atoms with Crippen LogP contribution in [0.3, 0.4) is 0 Å². The summed E-state index contributed by atoms with van der Waals surface area (Å²) in [6, 6.07) is 7.00. The fraction of sp³-hybridized carbons (Fsp3) is 0.353. The van der Waals surface area contributed by atoms with Crippen LogP contribution in [0, 0.1) is 0 Å². The molecular weight excluding hydrogens is 431 g/mol. The Bertz CT molecular complexity index is 1110. The largest absolute Gasteiger partial charge is 0.490 e. The van der Waals surface area contributed by atoms with Gasteiger partial charge in [0, 0.05) is 40.3 Å². The first-order chi connectivity index (χ1) is 13.6. The molecule has 2 aliphatic rings. The van der Waals surface area contributed by atoms with Gasteiger partial charge in [-0.2, -0.15) is 18.2 Å². The summed E-state index contributed by atoms with van der Waals surface area (Å²) >= 11 is 7.86. The van der Waals surface area contributed by atoms with E-state index in [2.05, 4.69) is 20.2 Å². The Balaban J connectivity index is 0.000000255. The van der Waals surface area contributed by atoms with Crippen LogP contribution in [0.25, 0.3) is 20.3 Å². The topological polar surface area (TPSA) is 104 Å². The van der Waals surface area contributed by atoms with Crippen LogP contribution < -0.4 is 16.0 Å². The zero-order valence-electron chi connectivity index (χ0n) is 14.7. The van der Waals surface area contributed by atoms with Crippen molar-refractivity contribution >= 4 is 61.0 Å². The molecule has 2 aromatic heterocycles. The Morgan fingerprint density at radius 1 is 1.38 bits per heavy atom. The van der Waals surface area contributed by atoms with Crippen molar-refractivity contribution in [2.24, 2.45) is 0 Å². The van der Waals surface area contributed by atoms with E-state index < -0.39 is 12.1 Å². The van der Waals surface area contributed by atoms with Crippen molar-refractivity contribution in [3.8, 4) is 0 Å². The van der Waals surface area contributed by atoms with Crippen molar-refractivity contribution in [1.82, 2.24) is 15.3 Å². The molecule has 5 rings (SSSR count). The highest BCUT2D eigenvalue weighted by molar-refractivity contribution is 7.26. The van der Waals surface area contributed by atoms with Crippen molar-refractivity contribution in [3.05, 3.63) is 23.2 Å². The van der Waals surface area contributed by atoms with E-state index in [1.54, 1.807) is 11.3 Å². The number of piperazine rings is 1. The number of nitrogens with zero attached hydrogens (tertiary/aromatic N) is 3. The standard InChI is InChI=1S/C15H14ClN5S.C2HF3O2/c16-7-1-2-11-10(3-7)12-13(22-11)14(20-15(17)19-12)21-6-8-4-9(21)5-18-8;3-2(4,5)1(6)7/h1-3,8-9,18H,4-6H2,(H2,17,19,20);(H,6,7)/t8-,9-;/m0./s1.